The highest BCUT2D eigenvalue weighted by atomic mass is 16.5. The fourth-order valence-electron chi connectivity index (χ4n) is 9.39. The maximum atomic E-state index is 6.70. The third kappa shape index (κ3) is 4.54. The third-order valence-corrected chi connectivity index (χ3v) is 11.7. The molecular formula is C52H32N4O. The average Bonchev–Trinajstić information content (AvgIpc) is 3.78. The van der Waals surface area contributed by atoms with E-state index >= 15 is 0 Å². The van der Waals surface area contributed by atoms with Gasteiger partial charge < -0.3 is 9.30 Å². The molecule has 3 heterocycles. The number of benzene rings is 8. The van der Waals surface area contributed by atoms with Gasteiger partial charge >= 0.3 is 0 Å². The van der Waals surface area contributed by atoms with Crippen LogP contribution in [0.3, 0.4) is 0 Å². The Morgan fingerprint density at radius 3 is 1.63 bits per heavy atom. The molecule has 0 unspecified atom stereocenters. The van der Waals surface area contributed by atoms with Crippen LogP contribution in [0.2, 0.25) is 0 Å². The number of hydrogen-bond acceptors (Lipinski definition) is 4. The second kappa shape index (κ2) is 12.2. The molecule has 266 valence electrons. The summed E-state index contributed by atoms with van der Waals surface area (Å²) in [6.07, 6.45) is 0. The van der Waals surface area contributed by atoms with Gasteiger partial charge in [-0.2, -0.15) is 0 Å². The molecule has 1 spiro atoms. The van der Waals surface area contributed by atoms with Crippen LogP contribution in [0.25, 0.3) is 72.8 Å². The highest BCUT2D eigenvalue weighted by Crippen LogP contribution is 2.63. The summed E-state index contributed by atoms with van der Waals surface area (Å²) in [6.45, 7) is 0. The SMILES string of the molecule is c1ccc(-c2nc(-c3ccccc3)nc(-c3cccc(-n4c5ccccc5c5ccc6c(c54)C4(c5ccccc5Oc5ccccc54)c4ccccc4-6)c3)n2)cc1. The minimum atomic E-state index is -0.635. The van der Waals surface area contributed by atoms with Crippen molar-refractivity contribution in [3.8, 4) is 62.5 Å². The first-order valence-electron chi connectivity index (χ1n) is 19.3. The lowest BCUT2D eigenvalue weighted by Crippen LogP contribution is -2.32. The first-order chi connectivity index (χ1) is 28.3. The summed E-state index contributed by atoms with van der Waals surface area (Å²) in [4.78, 5) is 15.2. The molecule has 0 bridgehead atoms. The van der Waals surface area contributed by atoms with E-state index in [2.05, 4.69) is 138 Å². The monoisotopic (exact) mass is 728 g/mol. The summed E-state index contributed by atoms with van der Waals surface area (Å²) in [5.74, 6) is 3.64. The van der Waals surface area contributed by atoms with Gasteiger partial charge in [-0.05, 0) is 47.0 Å². The Labute approximate surface area is 329 Å². The van der Waals surface area contributed by atoms with Gasteiger partial charge in [-0.25, -0.2) is 15.0 Å². The standard InChI is InChI=1S/C52H32N4O/c1-3-16-33(17-4-1)49-53-50(34-18-5-2-6-19-34)55-51(54-49)35-20-15-21-36(32-35)56-44-27-12-8-23-38(44)40-31-30-39-37-22-7-9-24-41(37)52(47(39)48(40)56)42-25-10-13-28-45(42)57-46-29-14-11-26-43(46)52/h1-32H. The van der Waals surface area contributed by atoms with Gasteiger partial charge in [0, 0.05) is 49.8 Å². The van der Waals surface area contributed by atoms with Crippen molar-refractivity contribution in [2.45, 2.75) is 5.41 Å². The van der Waals surface area contributed by atoms with Crippen molar-refractivity contribution >= 4 is 21.8 Å². The molecule has 0 atom stereocenters. The molecule has 0 fully saturated rings. The van der Waals surface area contributed by atoms with Crippen molar-refractivity contribution in [2.24, 2.45) is 0 Å². The van der Waals surface area contributed by atoms with E-state index in [1.54, 1.807) is 0 Å². The Hall–Kier alpha value is -7.63. The lowest BCUT2D eigenvalue weighted by atomic mass is 9.65. The van der Waals surface area contributed by atoms with Crippen LogP contribution >= 0.6 is 0 Å². The van der Waals surface area contributed by atoms with Crippen molar-refractivity contribution in [3.63, 3.8) is 0 Å². The van der Waals surface area contributed by atoms with E-state index in [0.29, 0.717) is 17.5 Å². The quantitative estimate of drug-likeness (QED) is 0.181. The van der Waals surface area contributed by atoms with Crippen molar-refractivity contribution in [1.29, 1.82) is 0 Å². The molecule has 0 saturated carbocycles. The molecule has 2 aromatic heterocycles. The largest absolute Gasteiger partial charge is 0.457 e. The number of hydrogen-bond donors (Lipinski definition) is 0. The molecule has 1 aliphatic carbocycles. The average molecular weight is 729 g/mol. The van der Waals surface area contributed by atoms with Crippen molar-refractivity contribution in [3.05, 3.63) is 216 Å². The fourth-order valence-corrected chi connectivity index (χ4v) is 9.39. The van der Waals surface area contributed by atoms with E-state index in [0.717, 1.165) is 50.5 Å². The molecule has 0 N–H and O–H groups in total. The summed E-state index contributed by atoms with van der Waals surface area (Å²) in [7, 11) is 0. The number of aromatic nitrogens is 4. The number of rotatable bonds is 4. The molecule has 0 radical (unpaired) electrons. The zero-order chi connectivity index (χ0) is 37.5. The molecule has 0 saturated heterocycles. The van der Waals surface area contributed by atoms with Gasteiger partial charge in [0.1, 0.15) is 11.5 Å². The topological polar surface area (TPSA) is 52.8 Å². The Morgan fingerprint density at radius 1 is 0.404 bits per heavy atom. The predicted octanol–water partition coefficient (Wildman–Crippen LogP) is 12.4. The van der Waals surface area contributed by atoms with Gasteiger partial charge in [0.25, 0.3) is 0 Å². The summed E-state index contributed by atoms with van der Waals surface area (Å²) in [5, 5.41) is 2.39. The summed E-state index contributed by atoms with van der Waals surface area (Å²) in [6, 6.07) is 68.4. The number of nitrogens with zero attached hydrogens (tertiary/aromatic N) is 4. The predicted molar refractivity (Wildman–Crippen MR) is 228 cm³/mol. The first-order valence-corrected chi connectivity index (χ1v) is 19.3. The summed E-state index contributed by atoms with van der Waals surface area (Å²) >= 11 is 0. The molecule has 5 heteroatoms. The Bertz CT molecular complexity index is 3120. The van der Waals surface area contributed by atoms with Crippen LogP contribution in [0.1, 0.15) is 22.3 Å². The highest BCUT2D eigenvalue weighted by molar-refractivity contribution is 6.14. The van der Waals surface area contributed by atoms with Crippen molar-refractivity contribution < 1.29 is 4.74 Å². The smallest absolute Gasteiger partial charge is 0.164 e. The van der Waals surface area contributed by atoms with Crippen LogP contribution < -0.4 is 4.74 Å². The van der Waals surface area contributed by atoms with Gasteiger partial charge in [0.2, 0.25) is 0 Å². The molecule has 10 aromatic rings. The van der Waals surface area contributed by atoms with E-state index in [1.165, 1.54) is 38.5 Å². The van der Waals surface area contributed by atoms with E-state index in [4.69, 9.17) is 19.7 Å². The van der Waals surface area contributed by atoms with Crippen LogP contribution in [0.15, 0.2) is 194 Å². The maximum Gasteiger partial charge on any atom is 0.164 e. The van der Waals surface area contributed by atoms with E-state index in [-0.39, 0.29) is 0 Å². The molecule has 1 aliphatic heterocycles. The van der Waals surface area contributed by atoms with Crippen LogP contribution in [-0.2, 0) is 5.41 Å². The van der Waals surface area contributed by atoms with Gasteiger partial charge in [-0.1, -0.05) is 164 Å². The van der Waals surface area contributed by atoms with Crippen LogP contribution in [0.4, 0.5) is 0 Å². The Balaban J connectivity index is 1.17. The molecule has 2 aliphatic rings. The van der Waals surface area contributed by atoms with Crippen molar-refractivity contribution in [1.82, 2.24) is 19.5 Å². The first kappa shape index (κ1) is 31.7. The number of fused-ring (bicyclic) bond motifs is 13. The number of para-hydroxylation sites is 3. The molecule has 5 nitrogen and oxygen atoms in total. The number of ether oxygens (including phenoxy) is 1. The van der Waals surface area contributed by atoms with E-state index in [1.807, 2.05) is 60.7 Å². The summed E-state index contributed by atoms with van der Waals surface area (Å²) in [5.41, 5.74) is 12.7. The minimum Gasteiger partial charge on any atom is -0.457 e. The molecule has 57 heavy (non-hydrogen) atoms. The zero-order valence-electron chi connectivity index (χ0n) is 30.7. The maximum absolute atomic E-state index is 6.70. The highest BCUT2D eigenvalue weighted by Gasteiger charge is 2.52. The van der Waals surface area contributed by atoms with Crippen LogP contribution in [-0.4, -0.2) is 19.5 Å². The van der Waals surface area contributed by atoms with Crippen molar-refractivity contribution in [2.75, 3.05) is 0 Å². The zero-order valence-corrected chi connectivity index (χ0v) is 30.7. The third-order valence-electron chi connectivity index (χ3n) is 11.7. The summed E-state index contributed by atoms with van der Waals surface area (Å²) < 4.78 is 9.16. The molecule has 12 rings (SSSR count). The molecule has 8 aromatic carbocycles. The second-order valence-electron chi connectivity index (χ2n) is 14.7. The minimum absolute atomic E-state index is 0.617. The fraction of sp³-hybridized carbons (Fsp3) is 0.0192. The molecule has 0 amide bonds. The molecular weight excluding hydrogens is 697 g/mol. The van der Waals surface area contributed by atoms with Gasteiger partial charge in [0.15, 0.2) is 17.5 Å². The normalized spacial score (nSPS) is 13.2. The Kier molecular flexibility index (Phi) is 6.78. The Morgan fingerprint density at radius 2 is 0.947 bits per heavy atom. The van der Waals surface area contributed by atoms with Gasteiger partial charge in [0.05, 0.1) is 16.4 Å². The van der Waals surface area contributed by atoms with Crippen LogP contribution in [0, 0.1) is 0 Å². The lowest BCUT2D eigenvalue weighted by Gasteiger charge is -2.39. The van der Waals surface area contributed by atoms with Crippen LogP contribution in [0.5, 0.6) is 11.5 Å². The van der Waals surface area contributed by atoms with Gasteiger partial charge in [-0.15, -0.1) is 0 Å². The van der Waals surface area contributed by atoms with Gasteiger partial charge in [-0.3, -0.25) is 0 Å². The van der Waals surface area contributed by atoms with E-state index in [9.17, 15) is 0 Å². The lowest BCUT2D eigenvalue weighted by molar-refractivity contribution is 0.437. The van der Waals surface area contributed by atoms with E-state index < -0.39 is 5.41 Å². The second-order valence-corrected chi connectivity index (χ2v) is 14.7.